The van der Waals surface area contributed by atoms with Crippen LogP contribution in [0.15, 0.2) is 0 Å². The van der Waals surface area contributed by atoms with E-state index in [9.17, 15) is 18.0 Å². The first-order valence-corrected chi connectivity index (χ1v) is 8.56. The van der Waals surface area contributed by atoms with Crippen molar-refractivity contribution in [1.29, 1.82) is 0 Å². The van der Waals surface area contributed by atoms with Gasteiger partial charge in [0, 0.05) is 30.8 Å². The Bertz CT molecular complexity index is 831. The minimum atomic E-state index is -4.65. The highest BCUT2D eigenvalue weighted by Crippen LogP contribution is 2.30. The lowest BCUT2D eigenvalue weighted by Crippen LogP contribution is -2.37. The zero-order valence-corrected chi connectivity index (χ0v) is 15.0. The second kappa shape index (κ2) is 6.73. The Morgan fingerprint density at radius 2 is 1.85 bits per heavy atom. The van der Waals surface area contributed by atoms with Gasteiger partial charge in [-0.3, -0.25) is 4.79 Å². The van der Waals surface area contributed by atoms with Crippen LogP contribution in [-0.4, -0.2) is 56.8 Å². The average Bonchev–Trinajstić information content (AvgIpc) is 2.92. The predicted molar refractivity (Wildman–Crippen MR) is 89.0 cm³/mol. The number of halogens is 3. The van der Waals surface area contributed by atoms with Crippen LogP contribution in [0.4, 0.5) is 19.0 Å². The number of rotatable bonds is 3. The molecule has 3 heterocycles. The van der Waals surface area contributed by atoms with E-state index in [-0.39, 0.29) is 18.1 Å². The van der Waals surface area contributed by atoms with Crippen molar-refractivity contribution in [2.75, 3.05) is 31.1 Å². The van der Waals surface area contributed by atoms with Gasteiger partial charge in [-0.2, -0.15) is 17.7 Å². The summed E-state index contributed by atoms with van der Waals surface area (Å²) in [5.41, 5.74) is 1.35. The van der Waals surface area contributed by atoms with Gasteiger partial charge in [0.25, 0.3) is 5.82 Å². The molecule has 1 aliphatic rings. The maximum atomic E-state index is 13.2. The fourth-order valence-electron chi connectivity index (χ4n) is 3.20. The summed E-state index contributed by atoms with van der Waals surface area (Å²) in [6.45, 7) is 7.44. The monoisotopic (exact) mass is 370 g/mol. The van der Waals surface area contributed by atoms with Gasteiger partial charge in [0.05, 0.1) is 6.54 Å². The fourth-order valence-corrected chi connectivity index (χ4v) is 3.20. The highest BCUT2D eigenvalue weighted by atomic mass is 19.4. The van der Waals surface area contributed by atoms with Crippen molar-refractivity contribution in [2.24, 2.45) is 0 Å². The highest BCUT2D eigenvalue weighted by Gasteiger charge is 2.38. The molecule has 2 aromatic heterocycles. The Morgan fingerprint density at radius 1 is 1.12 bits per heavy atom. The highest BCUT2D eigenvalue weighted by molar-refractivity contribution is 5.82. The third-order valence-corrected chi connectivity index (χ3v) is 4.65. The molecular formula is C16H21F3N6O. The third kappa shape index (κ3) is 3.19. The number of carbonyl (C=O) groups excluding carboxylic acids is 1. The van der Waals surface area contributed by atoms with Crippen LogP contribution in [0.25, 0.3) is 5.65 Å². The standard InChI is InChI=1S/C16H21F3N6O/c1-4-6-23-7-5-8-24(9-12(23)26)14-11(3)10(2)13-20-21-15(16(17,18)19)25(13)22-14/h4-9H2,1-3H3. The summed E-state index contributed by atoms with van der Waals surface area (Å²) in [4.78, 5) is 16.0. The van der Waals surface area contributed by atoms with Crippen molar-refractivity contribution in [1.82, 2.24) is 24.7 Å². The van der Waals surface area contributed by atoms with Crippen molar-refractivity contribution in [3.05, 3.63) is 17.0 Å². The van der Waals surface area contributed by atoms with E-state index in [0.717, 1.165) is 17.4 Å². The Labute approximate surface area is 148 Å². The molecule has 0 unspecified atom stereocenters. The number of amides is 1. The molecule has 0 aliphatic carbocycles. The lowest BCUT2D eigenvalue weighted by molar-refractivity contribution is -0.146. The first kappa shape index (κ1) is 18.4. The number of carbonyl (C=O) groups is 1. The van der Waals surface area contributed by atoms with Gasteiger partial charge in [-0.1, -0.05) is 6.92 Å². The van der Waals surface area contributed by atoms with Crippen LogP contribution in [0.2, 0.25) is 0 Å². The molecule has 0 radical (unpaired) electrons. The molecule has 7 nitrogen and oxygen atoms in total. The molecule has 3 rings (SSSR count). The van der Waals surface area contributed by atoms with E-state index in [2.05, 4.69) is 15.3 Å². The normalized spacial score (nSPS) is 16.5. The number of alkyl halides is 3. The van der Waals surface area contributed by atoms with Gasteiger partial charge in [0.2, 0.25) is 5.91 Å². The van der Waals surface area contributed by atoms with E-state index in [4.69, 9.17) is 0 Å². The number of hydrogen-bond acceptors (Lipinski definition) is 5. The molecule has 142 valence electrons. The molecule has 1 saturated heterocycles. The Kier molecular flexibility index (Phi) is 4.76. The summed E-state index contributed by atoms with van der Waals surface area (Å²) in [6, 6.07) is 0. The van der Waals surface area contributed by atoms with E-state index in [1.807, 2.05) is 6.92 Å². The summed E-state index contributed by atoms with van der Waals surface area (Å²) < 4.78 is 40.3. The maximum Gasteiger partial charge on any atom is 0.453 e. The van der Waals surface area contributed by atoms with Gasteiger partial charge >= 0.3 is 6.18 Å². The Balaban J connectivity index is 2.04. The molecule has 0 atom stereocenters. The zero-order valence-electron chi connectivity index (χ0n) is 15.0. The van der Waals surface area contributed by atoms with E-state index in [1.165, 1.54) is 0 Å². The molecule has 2 aromatic rings. The Hall–Kier alpha value is -2.39. The largest absolute Gasteiger partial charge is 0.453 e. The van der Waals surface area contributed by atoms with Gasteiger partial charge in [0.1, 0.15) is 0 Å². The molecular weight excluding hydrogens is 349 g/mol. The lowest BCUT2D eigenvalue weighted by atomic mass is 10.1. The molecule has 0 bridgehead atoms. The SMILES string of the molecule is CCCN1CCCN(c2nn3c(C(F)(F)F)nnc3c(C)c2C)CC1=O. The summed E-state index contributed by atoms with van der Waals surface area (Å²) in [5, 5.41) is 11.1. The lowest BCUT2D eigenvalue weighted by Gasteiger charge is -2.24. The zero-order chi connectivity index (χ0) is 19.1. The average molecular weight is 370 g/mol. The summed E-state index contributed by atoms with van der Waals surface area (Å²) in [7, 11) is 0. The quantitative estimate of drug-likeness (QED) is 0.829. The number of anilines is 1. The first-order valence-electron chi connectivity index (χ1n) is 8.56. The van der Waals surface area contributed by atoms with Crippen LogP contribution in [0.3, 0.4) is 0 Å². The van der Waals surface area contributed by atoms with Crippen LogP contribution >= 0.6 is 0 Å². The number of aryl methyl sites for hydroxylation is 1. The van der Waals surface area contributed by atoms with Crippen molar-refractivity contribution in [3.63, 3.8) is 0 Å². The van der Waals surface area contributed by atoms with Gasteiger partial charge in [-0.15, -0.1) is 15.3 Å². The summed E-state index contributed by atoms with van der Waals surface area (Å²) in [6.07, 6.45) is -3.06. The third-order valence-electron chi connectivity index (χ3n) is 4.65. The topological polar surface area (TPSA) is 66.6 Å². The predicted octanol–water partition coefficient (Wildman–Crippen LogP) is 2.21. The molecule has 26 heavy (non-hydrogen) atoms. The van der Waals surface area contributed by atoms with Gasteiger partial charge in [-0.05, 0) is 26.7 Å². The van der Waals surface area contributed by atoms with Crippen LogP contribution in [0.1, 0.15) is 36.7 Å². The number of aromatic nitrogens is 4. The van der Waals surface area contributed by atoms with Crippen molar-refractivity contribution >= 4 is 17.4 Å². The first-order chi connectivity index (χ1) is 12.2. The molecule has 10 heteroatoms. The number of fused-ring (bicyclic) bond motifs is 1. The second-order valence-corrected chi connectivity index (χ2v) is 6.49. The summed E-state index contributed by atoms with van der Waals surface area (Å²) >= 11 is 0. The van der Waals surface area contributed by atoms with Crippen molar-refractivity contribution in [2.45, 2.75) is 39.8 Å². The second-order valence-electron chi connectivity index (χ2n) is 6.49. The Morgan fingerprint density at radius 3 is 2.50 bits per heavy atom. The smallest absolute Gasteiger partial charge is 0.346 e. The minimum absolute atomic E-state index is 0.0388. The van der Waals surface area contributed by atoms with E-state index in [1.54, 1.807) is 23.6 Å². The van der Waals surface area contributed by atoms with Gasteiger partial charge < -0.3 is 9.80 Å². The molecule has 0 N–H and O–H groups in total. The molecule has 1 amide bonds. The van der Waals surface area contributed by atoms with E-state index < -0.39 is 12.0 Å². The number of nitrogens with zero attached hydrogens (tertiary/aromatic N) is 6. The van der Waals surface area contributed by atoms with E-state index >= 15 is 0 Å². The fraction of sp³-hybridized carbons (Fsp3) is 0.625. The molecule has 0 spiro atoms. The minimum Gasteiger partial charge on any atom is -0.346 e. The van der Waals surface area contributed by atoms with Crippen LogP contribution in [0, 0.1) is 13.8 Å². The molecule has 1 fully saturated rings. The molecule has 0 aromatic carbocycles. The maximum absolute atomic E-state index is 13.2. The van der Waals surface area contributed by atoms with Crippen LogP contribution < -0.4 is 4.90 Å². The summed E-state index contributed by atoms with van der Waals surface area (Å²) in [5.74, 6) is -0.833. The van der Waals surface area contributed by atoms with Crippen molar-refractivity contribution in [3.8, 4) is 0 Å². The number of hydrogen-bond donors (Lipinski definition) is 0. The van der Waals surface area contributed by atoms with Gasteiger partial charge in [0.15, 0.2) is 11.5 Å². The van der Waals surface area contributed by atoms with Gasteiger partial charge in [-0.25, -0.2) is 0 Å². The van der Waals surface area contributed by atoms with Crippen LogP contribution in [0.5, 0.6) is 0 Å². The molecule has 0 saturated carbocycles. The molecule has 1 aliphatic heterocycles. The van der Waals surface area contributed by atoms with Crippen molar-refractivity contribution < 1.29 is 18.0 Å². The van der Waals surface area contributed by atoms with Crippen LogP contribution in [-0.2, 0) is 11.0 Å². The van der Waals surface area contributed by atoms with E-state index in [0.29, 0.717) is 36.6 Å².